The van der Waals surface area contributed by atoms with E-state index in [1.165, 1.54) is 13.4 Å². The van der Waals surface area contributed by atoms with E-state index in [-0.39, 0.29) is 5.76 Å². The average Bonchev–Trinajstić information content (AvgIpc) is 3.03. The van der Waals surface area contributed by atoms with Crippen molar-refractivity contribution in [1.29, 1.82) is 0 Å². The maximum Gasteiger partial charge on any atom is 0.374 e. The minimum absolute atomic E-state index is 0.284. The van der Waals surface area contributed by atoms with Gasteiger partial charge in [0.05, 0.1) is 19.5 Å². The molecule has 0 saturated heterocycles. The minimum atomic E-state index is -0.432. The highest BCUT2D eigenvalue weighted by Crippen LogP contribution is 2.22. The first kappa shape index (κ1) is 13.1. The van der Waals surface area contributed by atoms with Crippen LogP contribution in [0.4, 0.5) is 0 Å². The molecule has 18 heavy (non-hydrogen) atoms. The van der Waals surface area contributed by atoms with Crippen LogP contribution in [-0.4, -0.2) is 32.3 Å². The van der Waals surface area contributed by atoms with Gasteiger partial charge in [-0.05, 0) is 25.3 Å². The number of carbonyl (C=O) groups is 1. The van der Waals surface area contributed by atoms with E-state index in [1.807, 2.05) is 0 Å². The van der Waals surface area contributed by atoms with Crippen LogP contribution in [-0.2, 0) is 16.0 Å². The van der Waals surface area contributed by atoms with Crippen molar-refractivity contribution in [2.45, 2.75) is 38.0 Å². The van der Waals surface area contributed by atoms with Gasteiger partial charge >= 0.3 is 5.97 Å². The molecule has 1 aromatic rings. The Balaban J connectivity index is 1.87. The molecular formula is C13H19NO4. The number of furan rings is 1. The van der Waals surface area contributed by atoms with Gasteiger partial charge in [0.25, 0.3) is 0 Å². The quantitative estimate of drug-likeness (QED) is 0.810. The van der Waals surface area contributed by atoms with Gasteiger partial charge in [0.15, 0.2) is 0 Å². The van der Waals surface area contributed by atoms with Crippen molar-refractivity contribution in [3.8, 4) is 0 Å². The summed E-state index contributed by atoms with van der Waals surface area (Å²) in [4.78, 5) is 11.4. The summed E-state index contributed by atoms with van der Waals surface area (Å²) in [6, 6.07) is 2.23. The summed E-state index contributed by atoms with van der Waals surface area (Å²) in [7, 11) is 3.10. The van der Waals surface area contributed by atoms with E-state index in [0.717, 1.165) is 24.8 Å². The van der Waals surface area contributed by atoms with Crippen LogP contribution in [0.3, 0.4) is 0 Å². The van der Waals surface area contributed by atoms with Crippen LogP contribution in [0.25, 0.3) is 0 Å². The molecule has 5 heteroatoms. The third-order valence-corrected chi connectivity index (χ3v) is 3.42. The summed E-state index contributed by atoms with van der Waals surface area (Å²) in [6.45, 7) is 0.613. The predicted octanol–water partition coefficient (Wildman–Crippen LogP) is 1.72. The predicted molar refractivity (Wildman–Crippen MR) is 65.3 cm³/mol. The molecule has 1 N–H and O–H groups in total. The monoisotopic (exact) mass is 253 g/mol. The second kappa shape index (κ2) is 6.02. The SMILES string of the molecule is COC(=O)c1occc1CNC1CCC(OC)C1. The lowest BCUT2D eigenvalue weighted by Crippen LogP contribution is -2.27. The number of methoxy groups -OCH3 is 2. The fourth-order valence-electron chi connectivity index (χ4n) is 2.34. The van der Waals surface area contributed by atoms with Gasteiger partial charge in [-0.25, -0.2) is 4.79 Å². The Kier molecular flexibility index (Phi) is 4.38. The third kappa shape index (κ3) is 2.91. The van der Waals surface area contributed by atoms with Crippen LogP contribution >= 0.6 is 0 Å². The Morgan fingerprint density at radius 1 is 1.50 bits per heavy atom. The van der Waals surface area contributed by atoms with E-state index in [4.69, 9.17) is 9.15 Å². The Morgan fingerprint density at radius 2 is 2.33 bits per heavy atom. The summed E-state index contributed by atoms with van der Waals surface area (Å²) in [6.07, 6.45) is 5.07. The molecule has 1 aromatic heterocycles. The number of esters is 1. The van der Waals surface area contributed by atoms with Crippen LogP contribution in [0, 0.1) is 0 Å². The second-order valence-corrected chi connectivity index (χ2v) is 4.52. The van der Waals surface area contributed by atoms with Crippen LogP contribution in [0.1, 0.15) is 35.4 Å². The number of rotatable bonds is 5. The lowest BCUT2D eigenvalue weighted by molar-refractivity contribution is 0.0563. The summed E-state index contributed by atoms with van der Waals surface area (Å²) in [5.74, 6) is -0.149. The van der Waals surface area contributed by atoms with Crippen molar-refractivity contribution in [3.05, 3.63) is 23.7 Å². The lowest BCUT2D eigenvalue weighted by atomic mass is 10.2. The lowest BCUT2D eigenvalue weighted by Gasteiger charge is -2.12. The van der Waals surface area contributed by atoms with Crippen molar-refractivity contribution < 1.29 is 18.7 Å². The maximum atomic E-state index is 11.4. The van der Waals surface area contributed by atoms with Gasteiger partial charge in [-0.3, -0.25) is 0 Å². The number of carbonyl (C=O) groups excluding carboxylic acids is 1. The van der Waals surface area contributed by atoms with E-state index in [0.29, 0.717) is 18.7 Å². The molecule has 0 bridgehead atoms. The molecular weight excluding hydrogens is 234 g/mol. The van der Waals surface area contributed by atoms with Gasteiger partial charge in [-0.1, -0.05) is 0 Å². The zero-order valence-electron chi connectivity index (χ0n) is 10.8. The summed E-state index contributed by atoms with van der Waals surface area (Å²) in [5.41, 5.74) is 0.836. The van der Waals surface area contributed by atoms with Crippen LogP contribution < -0.4 is 5.32 Å². The van der Waals surface area contributed by atoms with Crippen molar-refractivity contribution in [2.75, 3.05) is 14.2 Å². The van der Waals surface area contributed by atoms with Gasteiger partial charge in [0.2, 0.25) is 5.76 Å². The molecule has 1 aliphatic carbocycles. The van der Waals surface area contributed by atoms with Crippen LogP contribution in [0.2, 0.25) is 0 Å². The minimum Gasteiger partial charge on any atom is -0.463 e. The average molecular weight is 253 g/mol. The summed E-state index contributed by atoms with van der Waals surface area (Å²) >= 11 is 0. The van der Waals surface area contributed by atoms with Gasteiger partial charge in [-0.2, -0.15) is 0 Å². The molecule has 0 amide bonds. The maximum absolute atomic E-state index is 11.4. The van der Waals surface area contributed by atoms with Crippen LogP contribution in [0.5, 0.6) is 0 Å². The van der Waals surface area contributed by atoms with Gasteiger partial charge in [-0.15, -0.1) is 0 Å². The molecule has 1 fully saturated rings. The standard InChI is InChI=1S/C13H19NO4/c1-16-11-4-3-10(7-11)14-8-9-5-6-18-12(9)13(15)17-2/h5-6,10-11,14H,3-4,7-8H2,1-2H3. The van der Waals surface area contributed by atoms with Crippen molar-refractivity contribution in [1.82, 2.24) is 5.32 Å². The third-order valence-electron chi connectivity index (χ3n) is 3.42. The van der Waals surface area contributed by atoms with E-state index >= 15 is 0 Å². The van der Waals surface area contributed by atoms with E-state index in [9.17, 15) is 4.79 Å². The Morgan fingerprint density at radius 3 is 3.00 bits per heavy atom. The van der Waals surface area contributed by atoms with Gasteiger partial charge in [0.1, 0.15) is 0 Å². The first-order chi connectivity index (χ1) is 8.74. The fraction of sp³-hybridized carbons (Fsp3) is 0.615. The van der Waals surface area contributed by atoms with Crippen LogP contribution in [0.15, 0.2) is 16.7 Å². The molecule has 0 spiro atoms. The molecule has 2 rings (SSSR count). The van der Waals surface area contributed by atoms with E-state index in [2.05, 4.69) is 10.1 Å². The largest absolute Gasteiger partial charge is 0.463 e. The molecule has 0 aromatic carbocycles. The first-order valence-corrected chi connectivity index (χ1v) is 6.15. The number of hydrogen-bond donors (Lipinski definition) is 1. The molecule has 100 valence electrons. The fourth-order valence-corrected chi connectivity index (χ4v) is 2.34. The molecule has 1 heterocycles. The van der Waals surface area contributed by atoms with E-state index < -0.39 is 5.97 Å². The highest BCUT2D eigenvalue weighted by atomic mass is 16.5. The molecule has 1 aliphatic rings. The zero-order chi connectivity index (χ0) is 13.0. The first-order valence-electron chi connectivity index (χ1n) is 6.15. The van der Waals surface area contributed by atoms with Gasteiger partial charge in [0, 0.05) is 25.3 Å². The second-order valence-electron chi connectivity index (χ2n) is 4.52. The Bertz CT molecular complexity index is 401. The molecule has 0 radical (unpaired) electrons. The highest BCUT2D eigenvalue weighted by molar-refractivity contribution is 5.87. The number of nitrogens with one attached hydrogen (secondary N) is 1. The topological polar surface area (TPSA) is 60.7 Å². The normalized spacial score (nSPS) is 23.2. The molecule has 2 atom stereocenters. The molecule has 5 nitrogen and oxygen atoms in total. The zero-order valence-corrected chi connectivity index (χ0v) is 10.8. The van der Waals surface area contributed by atoms with E-state index in [1.54, 1.807) is 13.2 Å². The van der Waals surface area contributed by atoms with Gasteiger partial charge < -0.3 is 19.2 Å². The Hall–Kier alpha value is -1.33. The smallest absolute Gasteiger partial charge is 0.374 e. The molecule has 0 aliphatic heterocycles. The highest BCUT2D eigenvalue weighted by Gasteiger charge is 2.24. The van der Waals surface area contributed by atoms with Crippen molar-refractivity contribution in [3.63, 3.8) is 0 Å². The summed E-state index contributed by atoms with van der Waals surface area (Å²) in [5, 5.41) is 3.42. The number of ether oxygens (including phenoxy) is 2. The summed E-state index contributed by atoms with van der Waals surface area (Å²) < 4.78 is 15.1. The molecule has 1 saturated carbocycles. The number of hydrogen-bond acceptors (Lipinski definition) is 5. The van der Waals surface area contributed by atoms with Crippen molar-refractivity contribution in [2.24, 2.45) is 0 Å². The molecule has 2 unspecified atom stereocenters. The Labute approximate surface area is 106 Å². The van der Waals surface area contributed by atoms with Crippen molar-refractivity contribution >= 4 is 5.97 Å².